The first-order valence-corrected chi connectivity index (χ1v) is 12.6. The number of unbranched alkanes of at least 4 members (excludes halogenated alkanes) is 1. The third kappa shape index (κ3) is 4.74. The van der Waals surface area contributed by atoms with Gasteiger partial charge in [0.05, 0.1) is 11.6 Å². The van der Waals surface area contributed by atoms with E-state index in [1.807, 2.05) is 35.2 Å². The average molecular weight is 466 g/mol. The summed E-state index contributed by atoms with van der Waals surface area (Å²) in [6.45, 7) is 6.44. The number of fused-ring (bicyclic) bond motifs is 1. The number of rotatable bonds is 6. The number of benzene rings is 1. The van der Waals surface area contributed by atoms with Gasteiger partial charge in [-0.2, -0.15) is 0 Å². The fraction of sp³-hybridized carbons (Fsp3) is 0.577. The SMILES string of the molecule is CC1C(=O)N(CCCCN2CCC3(CC3)C(O)C2)CCN1C(=O)Nc1ccc2cccnc2c1. The summed E-state index contributed by atoms with van der Waals surface area (Å²) in [5.41, 5.74) is 1.74. The second-order valence-electron chi connectivity index (χ2n) is 10.2. The van der Waals surface area contributed by atoms with E-state index in [9.17, 15) is 14.7 Å². The number of anilines is 1. The minimum atomic E-state index is -0.487. The molecule has 1 aromatic heterocycles. The van der Waals surface area contributed by atoms with E-state index < -0.39 is 6.04 Å². The molecule has 0 radical (unpaired) electrons. The lowest BCUT2D eigenvalue weighted by Gasteiger charge is -2.39. The summed E-state index contributed by atoms with van der Waals surface area (Å²) in [6, 6.07) is 8.76. The fourth-order valence-corrected chi connectivity index (χ4v) is 5.43. The molecule has 1 aliphatic carbocycles. The number of urea groups is 1. The van der Waals surface area contributed by atoms with Crippen LogP contribution in [0.4, 0.5) is 10.5 Å². The van der Waals surface area contributed by atoms with Crippen LogP contribution in [0.2, 0.25) is 0 Å². The topological polar surface area (TPSA) is 89.0 Å². The number of nitrogens with one attached hydrogen (secondary N) is 1. The maximum absolute atomic E-state index is 12.9. The zero-order valence-electron chi connectivity index (χ0n) is 19.9. The number of piperazine rings is 1. The van der Waals surface area contributed by atoms with Crippen molar-refractivity contribution in [3.63, 3.8) is 0 Å². The smallest absolute Gasteiger partial charge is 0.322 e. The predicted molar refractivity (Wildman–Crippen MR) is 131 cm³/mol. The molecule has 34 heavy (non-hydrogen) atoms. The number of carbonyl (C=O) groups is 2. The first-order chi connectivity index (χ1) is 16.4. The number of pyridine rings is 1. The number of β-amino-alcohol motifs (C(OH)–C–C–N with tert-alkyl or cyclic N) is 1. The van der Waals surface area contributed by atoms with Crippen LogP contribution in [-0.2, 0) is 4.79 Å². The zero-order chi connectivity index (χ0) is 23.7. The lowest BCUT2D eigenvalue weighted by Crippen LogP contribution is -2.58. The molecule has 1 aromatic carbocycles. The van der Waals surface area contributed by atoms with Crippen LogP contribution in [0.1, 0.15) is 39.0 Å². The van der Waals surface area contributed by atoms with Crippen LogP contribution < -0.4 is 5.32 Å². The van der Waals surface area contributed by atoms with Crippen molar-refractivity contribution in [1.29, 1.82) is 0 Å². The molecule has 182 valence electrons. The fourth-order valence-electron chi connectivity index (χ4n) is 5.43. The largest absolute Gasteiger partial charge is 0.391 e. The van der Waals surface area contributed by atoms with E-state index >= 15 is 0 Å². The highest BCUT2D eigenvalue weighted by Crippen LogP contribution is 2.53. The Morgan fingerprint density at radius 1 is 1.15 bits per heavy atom. The predicted octanol–water partition coefficient (Wildman–Crippen LogP) is 2.93. The summed E-state index contributed by atoms with van der Waals surface area (Å²) < 4.78 is 0. The van der Waals surface area contributed by atoms with Crippen molar-refractivity contribution < 1.29 is 14.7 Å². The number of aliphatic hydroxyl groups is 1. The van der Waals surface area contributed by atoms with Gasteiger partial charge in [-0.1, -0.05) is 12.1 Å². The highest BCUT2D eigenvalue weighted by atomic mass is 16.3. The Kier molecular flexibility index (Phi) is 6.44. The molecular formula is C26H35N5O3. The standard InChI is InChI=1S/C26H35N5O3/c1-19-24(33)30(13-3-2-12-29-14-10-26(8-9-26)23(32)18-29)15-16-31(19)25(34)28-21-7-6-20-5-4-11-27-22(20)17-21/h4-7,11,17,19,23,32H,2-3,8-10,12-16,18H2,1H3,(H,28,34). The van der Waals surface area contributed by atoms with Gasteiger partial charge in [0.15, 0.2) is 0 Å². The second-order valence-corrected chi connectivity index (χ2v) is 10.2. The monoisotopic (exact) mass is 465 g/mol. The molecular weight excluding hydrogens is 430 g/mol. The molecule has 2 unspecified atom stereocenters. The second kappa shape index (κ2) is 9.50. The minimum Gasteiger partial charge on any atom is -0.391 e. The Morgan fingerprint density at radius 2 is 1.97 bits per heavy atom. The van der Waals surface area contributed by atoms with E-state index in [4.69, 9.17) is 0 Å². The molecule has 2 atom stereocenters. The molecule has 8 nitrogen and oxygen atoms in total. The van der Waals surface area contributed by atoms with Crippen molar-refractivity contribution in [3.05, 3.63) is 36.5 Å². The third-order valence-corrected chi connectivity index (χ3v) is 7.97. The number of nitrogens with zero attached hydrogens (tertiary/aromatic N) is 4. The molecule has 1 saturated carbocycles. The molecule has 3 fully saturated rings. The number of hydrogen-bond acceptors (Lipinski definition) is 5. The van der Waals surface area contributed by atoms with Crippen molar-refractivity contribution in [2.24, 2.45) is 5.41 Å². The van der Waals surface area contributed by atoms with Crippen LogP contribution in [0.15, 0.2) is 36.5 Å². The summed E-state index contributed by atoms with van der Waals surface area (Å²) >= 11 is 0. The Morgan fingerprint density at radius 3 is 2.76 bits per heavy atom. The summed E-state index contributed by atoms with van der Waals surface area (Å²) in [5.74, 6) is 0.00523. The van der Waals surface area contributed by atoms with Crippen LogP contribution in [0.3, 0.4) is 0 Å². The number of amides is 3. The lowest BCUT2D eigenvalue weighted by atomic mass is 9.90. The van der Waals surface area contributed by atoms with Crippen molar-refractivity contribution >= 4 is 28.5 Å². The van der Waals surface area contributed by atoms with E-state index in [1.54, 1.807) is 18.0 Å². The summed E-state index contributed by atoms with van der Waals surface area (Å²) in [6.07, 6.45) is 6.99. The quantitative estimate of drug-likeness (QED) is 0.641. The van der Waals surface area contributed by atoms with Crippen molar-refractivity contribution in [2.45, 2.75) is 51.2 Å². The van der Waals surface area contributed by atoms with E-state index in [2.05, 4.69) is 15.2 Å². The number of likely N-dealkylation sites (tertiary alicyclic amines) is 1. The maximum atomic E-state index is 12.9. The average Bonchev–Trinajstić information content (AvgIpc) is 3.62. The number of aliphatic hydroxyl groups excluding tert-OH is 1. The molecule has 2 aliphatic heterocycles. The van der Waals surface area contributed by atoms with Gasteiger partial charge >= 0.3 is 6.03 Å². The summed E-state index contributed by atoms with van der Waals surface area (Å²) in [7, 11) is 0. The third-order valence-electron chi connectivity index (χ3n) is 7.97. The summed E-state index contributed by atoms with van der Waals surface area (Å²) in [5, 5.41) is 14.3. The zero-order valence-corrected chi connectivity index (χ0v) is 19.9. The maximum Gasteiger partial charge on any atom is 0.322 e. The van der Waals surface area contributed by atoms with Gasteiger partial charge < -0.3 is 25.1 Å². The molecule has 8 heteroatoms. The summed E-state index contributed by atoms with van der Waals surface area (Å²) in [4.78, 5) is 36.0. The van der Waals surface area contributed by atoms with Gasteiger partial charge in [0.1, 0.15) is 6.04 Å². The van der Waals surface area contributed by atoms with Crippen molar-refractivity contribution in [1.82, 2.24) is 19.7 Å². The van der Waals surface area contributed by atoms with Crippen LogP contribution in [0.25, 0.3) is 10.9 Å². The van der Waals surface area contributed by atoms with Gasteiger partial charge in [-0.3, -0.25) is 9.78 Å². The molecule has 3 heterocycles. The number of piperidine rings is 1. The van der Waals surface area contributed by atoms with Crippen LogP contribution >= 0.6 is 0 Å². The van der Waals surface area contributed by atoms with E-state index in [0.717, 1.165) is 56.3 Å². The van der Waals surface area contributed by atoms with Gasteiger partial charge in [0.2, 0.25) is 5.91 Å². The van der Waals surface area contributed by atoms with Crippen LogP contribution in [0.5, 0.6) is 0 Å². The molecule has 3 amide bonds. The Labute approximate surface area is 200 Å². The Balaban J connectivity index is 1.07. The Hall–Kier alpha value is -2.71. The first-order valence-electron chi connectivity index (χ1n) is 12.6. The van der Waals surface area contributed by atoms with Gasteiger partial charge in [-0.15, -0.1) is 0 Å². The molecule has 1 spiro atoms. The van der Waals surface area contributed by atoms with Gasteiger partial charge in [0, 0.05) is 43.4 Å². The number of hydrogen-bond donors (Lipinski definition) is 2. The van der Waals surface area contributed by atoms with E-state index in [1.165, 1.54) is 12.8 Å². The van der Waals surface area contributed by atoms with Gasteiger partial charge in [0.25, 0.3) is 0 Å². The van der Waals surface area contributed by atoms with Crippen molar-refractivity contribution in [3.8, 4) is 0 Å². The molecule has 2 saturated heterocycles. The number of carbonyl (C=O) groups excluding carboxylic acids is 2. The van der Waals surface area contributed by atoms with Crippen LogP contribution in [0, 0.1) is 5.41 Å². The highest BCUT2D eigenvalue weighted by Gasteiger charge is 2.51. The highest BCUT2D eigenvalue weighted by molar-refractivity contribution is 5.96. The Bertz CT molecular complexity index is 1060. The normalized spacial score (nSPS) is 24.6. The molecule has 3 aliphatic rings. The number of aromatic nitrogens is 1. The molecule has 0 bridgehead atoms. The van der Waals surface area contributed by atoms with Crippen molar-refractivity contribution in [2.75, 3.05) is 44.6 Å². The molecule has 2 aromatic rings. The van der Waals surface area contributed by atoms with Gasteiger partial charge in [-0.05, 0) is 75.7 Å². The molecule has 2 N–H and O–H groups in total. The molecule has 5 rings (SSSR count). The minimum absolute atomic E-state index is 0.00523. The first kappa shape index (κ1) is 23.1. The van der Waals surface area contributed by atoms with E-state index in [-0.39, 0.29) is 23.5 Å². The van der Waals surface area contributed by atoms with Crippen LogP contribution in [-0.4, -0.2) is 88.1 Å². The van der Waals surface area contributed by atoms with Gasteiger partial charge in [-0.25, -0.2) is 4.79 Å². The lowest BCUT2D eigenvalue weighted by molar-refractivity contribution is -0.139. The van der Waals surface area contributed by atoms with E-state index in [0.29, 0.717) is 18.8 Å².